The number of carboxylic acid groups (broad SMARTS) is 1. The van der Waals surface area contributed by atoms with Crippen molar-refractivity contribution in [2.75, 3.05) is 6.54 Å². The van der Waals surface area contributed by atoms with Crippen molar-refractivity contribution in [1.82, 2.24) is 5.32 Å². The molecule has 1 heterocycles. The molecular weight excluding hydrogens is 286 g/mol. The highest BCUT2D eigenvalue weighted by Crippen LogP contribution is 2.16. The number of esters is 2. The molecule has 22 heavy (non-hydrogen) atoms. The number of benzene rings is 1. The van der Waals surface area contributed by atoms with Gasteiger partial charge in [-0.25, -0.2) is 4.79 Å². The predicted molar refractivity (Wildman–Crippen MR) is 78.0 cm³/mol. The lowest BCUT2D eigenvalue weighted by atomic mass is 9.96. The van der Waals surface area contributed by atoms with Crippen molar-refractivity contribution in [1.29, 1.82) is 0 Å². The van der Waals surface area contributed by atoms with Crippen LogP contribution in [0.15, 0.2) is 30.3 Å². The number of aliphatic carboxylic acids is 1. The van der Waals surface area contributed by atoms with Crippen LogP contribution in [0.5, 0.6) is 0 Å². The number of carbonyl (C=O) groups excluding carboxylic acids is 2. The molecule has 0 spiro atoms. The van der Waals surface area contributed by atoms with Gasteiger partial charge in [-0.1, -0.05) is 30.3 Å². The van der Waals surface area contributed by atoms with Gasteiger partial charge >= 0.3 is 17.9 Å². The Morgan fingerprint density at radius 1 is 1.27 bits per heavy atom. The van der Waals surface area contributed by atoms with Gasteiger partial charge in [0.15, 0.2) is 0 Å². The fourth-order valence-electron chi connectivity index (χ4n) is 2.49. The monoisotopic (exact) mass is 305 g/mol. The number of rotatable bonds is 6. The summed E-state index contributed by atoms with van der Waals surface area (Å²) in [6.45, 7) is 0.719. The standard InChI is InChI=1S/C16H19NO5/c18-14(19)10-12(9-11-5-2-1-3-6-11)15(20)22-16(21)13-7-4-8-17-13/h1-3,5-6,12-13,17H,4,7-10H2,(H,18,19)/t12?,13-/m0/s1. The minimum Gasteiger partial charge on any atom is -0.481 e. The lowest BCUT2D eigenvalue weighted by molar-refractivity contribution is -0.165. The van der Waals surface area contributed by atoms with Gasteiger partial charge in [0, 0.05) is 0 Å². The molecule has 1 aromatic carbocycles. The first-order chi connectivity index (χ1) is 10.6. The SMILES string of the molecule is O=C(O)CC(Cc1ccccc1)C(=O)OC(=O)[C@@H]1CCCN1. The average molecular weight is 305 g/mol. The molecule has 1 fully saturated rings. The first-order valence-electron chi connectivity index (χ1n) is 7.31. The Morgan fingerprint density at radius 3 is 2.59 bits per heavy atom. The molecule has 0 aliphatic carbocycles. The third kappa shape index (κ3) is 4.66. The quantitative estimate of drug-likeness (QED) is 0.605. The van der Waals surface area contributed by atoms with E-state index in [4.69, 9.17) is 9.84 Å². The number of hydrogen-bond donors (Lipinski definition) is 2. The van der Waals surface area contributed by atoms with Gasteiger partial charge in [0.2, 0.25) is 0 Å². The van der Waals surface area contributed by atoms with Crippen LogP contribution in [0.4, 0.5) is 0 Å². The van der Waals surface area contributed by atoms with E-state index >= 15 is 0 Å². The number of carboxylic acids is 1. The van der Waals surface area contributed by atoms with Gasteiger partial charge in [-0.2, -0.15) is 0 Å². The Morgan fingerprint density at radius 2 is 2.00 bits per heavy atom. The molecule has 0 amide bonds. The van der Waals surface area contributed by atoms with Crippen LogP contribution < -0.4 is 5.32 Å². The summed E-state index contributed by atoms with van der Waals surface area (Å²) in [7, 11) is 0. The van der Waals surface area contributed by atoms with Crippen molar-refractivity contribution >= 4 is 17.9 Å². The predicted octanol–water partition coefficient (Wildman–Crippen LogP) is 1.14. The maximum Gasteiger partial charge on any atom is 0.330 e. The van der Waals surface area contributed by atoms with E-state index in [9.17, 15) is 14.4 Å². The van der Waals surface area contributed by atoms with E-state index in [1.807, 2.05) is 30.3 Å². The van der Waals surface area contributed by atoms with Gasteiger partial charge in [0.1, 0.15) is 6.04 Å². The van der Waals surface area contributed by atoms with Crippen LogP contribution in [-0.4, -0.2) is 35.6 Å². The molecule has 0 aromatic heterocycles. The van der Waals surface area contributed by atoms with Gasteiger partial charge in [0.05, 0.1) is 12.3 Å². The highest BCUT2D eigenvalue weighted by molar-refractivity contribution is 5.91. The molecule has 6 nitrogen and oxygen atoms in total. The van der Waals surface area contributed by atoms with E-state index in [1.54, 1.807) is 0 Å². The van der Waals surface area contributed by atoms with Crippen molar-refractivity contribution in [2.24, 2.45) is 5.92 Å². The fraction of sp³-hybridized carbons (Fsp3) is 0.438. The van der Waals surface area contributed by atoms with E-state index in [-0.39, 0.29) is 12.8 Å². The molecule has 0 radical (unpaired) electrons. The summed E-state index contributed by atoms with van der Waals surface area (Å²) in [5.74, 6) is -3.36. The van der Waals surface area contributed by atoms with Crippen LogP contribution in [-0.2, 0) is 25.5 Å². The average Bonchev–Trinajstić information content (AvgIpc) is 3.01. The zero-order valence-electron chi connectivity index (χ0n) is 12.2. The van der Waals surface area contributed by atoms with Crippen LogP contribution in [0.1, 0.15) is 24.8 Å². The molecule has 2 atom stereocenters. The summed E-state index contributed by atoms with van der Waals surface area (Å²) >= 11 is 0. The summed E-state index contributed by atoms with van der Waals surface area (Å²) in [5, 5.41) is 11.9. The summed E-state index contributed by atoms with van der Waals surface area (Å²) < 4.78 is 4.87. The topological polar surface area (TPSA) is 92.7 Å². The van der Waals surface area contributed by atoms with Crippen LogP contribution in [0.3, 0.4) is 0 Å². The van der Waals surface area contributed by atoms with Gasteiger partial charge in [-0.15, -0.1) is 0 Å². The third-order valence-electron chi connectivity index (χ3n) is 3.63. The van der Waals surface area contributed by atoms with E-state index in [0.29, 0.717) is 6.42 Å². The molecule has 1 saturated heterocycles. The third-order valence-corrected chi connectivity index (χ3v) is 3.63. The van der Waals surface area contributed by atoms with Crippen molar-refractivity contribution in [2.45, 2.75) is 31.7 Å². The second-order valence-corrected chi connectivity index (χ2v) is 5.37. The fourth-order valence-corrected chi connectivity index (χ4v) is 2.49. The number of carbonyl (C=O) groups is 3. The molecule has 118 valence electrons. The number of ether oxygens (including phenoxy) is 1. The van der Waals surface area contributed by atoms with Gasteiger partial charge in [-0.3, -0.25) is 9.59 Å². The number of hydrogen-bond acceptors (Lipinski definition) is 5. The minimum atomic E-state index is -1.09. The van der Waals surface area contributed by atoms with Gasteiger partial charge in [-0.05, 0) is 31.4 Å². The van der Waals surface area contributed by atoms with E-state index < -0.39 is 29.9 Å². The van der Waals surface area contributed by atoms with Crippen molar-refractivity contribution < 1.29 is 24.2 Å². The minimum absolute atomic E-state index is 0.233. The zero-order chi connectivity index (χ0) is 15.9. The van der Waals surface area contributed by atoms with E-state index in [2.05, 4.69) is 5.32 Å². The van der Waals surface area contributed by atoms with Crippen LogP contribution >= 0.6 is 0 Å². The maximum atomic E-state index is 12.1. The van der Waals surface area contributed by atoms with E-state index in [0.717, 1.165) is 18.5 Å². The smallest absolute Gasteiger partial charge is 0.330 e. The van der Waals surface area contributed by atoms with Crippen LogP contribution in [0.2, 0.25) is 0 Å². The maximum absolute atomic E-state index is 12.1. The van der Waals surface area contributed by atoms with Crippen LogP contribution in [0.25, 0.3) is 0 Å². The highest BCUT2D eigenvalue weighted by atomic mass is 16.6. The Hall–Kier alpha value is -2.21. The largest absolute Gasteiger partial charge is 0.481 e. The summed E-state index contributed by atoms with van der Waals surface area (Å²) in [6.07, 6.45) is 1.36. The zero-order valence-corrected chi connectivity index (χ0v) is 12.2. The number of nitrogens with one attached hydrogen (secondary N) is 1. The molecule has 1 aliphatic heterocycles. The van der Waals surface area contributed by atoms with Crippen molar-refractivity contribution in [3.63, 3.8) is 0 Å². The molecule has 6 heteroatoms. The van der Waals surface area contributed by atoms with Gasteiger partial charge < -0.3 is 15.2 Å². The lowest BCUT2D eigenvalue weighted by Crippen LogP contribution is -2.36. The first-order valence-corrected chi connectivity index (χ1v) is 7.31. The highest BCUT2D eigenvalue weighted by Gasteiger charge is 2.30. The second-order valence-electron chi connectivity index (χ2n) is 5.37. The van der Waals surface area contributed by atoms with Crippen molar-refractivity contribution in [3.8, 4) is 0 Å². The first kappa shape index (κ1) is 16.2. The summed E-state index contributed by atoms with van der Waals surface area (Å²) in [4.78, 5) is 34.9. The van der Waals surface area contributed by atoms with Gasteiger partial charge in [0.25, 0.3) is 0 Å². The molecule has 1 unspecified atom stereocenters. The Balaban J connectivity index is 1.99. The Labute approximate surface area is 128 Å². The molecule has 0 bridgehead atoms. The summed E-state index contributed by atoms with van der Waals surface area (Å²) in [5.41, 5.74) is 0.831. The molecule has 2 N–H and O–H groups in total. The molecule has 1 aliphatic rings. The second kappa shape index (κ2) is 7.70. The molecular formula is C16H19NO5. The normalized spacial score (nSPS) is 18.6. The Bertz CT molecular complexity index is 537. The molecule has 0 saturated carbocycles. The molecule has 1 aromatic rings. The van der Waals surface area contributed by atoms with E-state index in [1.165, 1.54) is 0 Å². The van der Waals surface area contributed by atoms with Crippen LogP contribution in [0, 0.1) is 5.92 Å². The summed E-state index contributed by atoms with van der Waals surface area (Å²) in [6, 6.07) is 8.61. The lowest BCUT2D eigenvalue weighted by Gasteiger charge is -2.15. The Kier molecular flexibility index (Phi) is 5.66. The van der Waals surface area contributed by atoms with Crippen molar-refractivity contribution in [3.05, 3.63) is 35.9 Å². The molecule has 2 rings (SSSR count).